The molecule has 0 radical (unpaired) electrons. The Morgan fingerprint density at radius 1 is 1.15 bits per heavy atom. The third kappa shape index (κ3) is 2.94. The molecule has 2 aliphatic heterocycles. The summed E-state index contributed by atoms with van der Waals surface area (Å²) in [6.45, 7) is 3.57. The van der Waals surface area contributed by atoms with E-state index in [4.69, 9.17) is 9.40 Å². The second-order valence-corrected chi connectivity index (χ2v) is 7.69. The van der Waals surface area contributed by atoms with Gasteiger partial charge in [-0.3, -0.25) is 14.4 Å². The first kappa shape index (κ1) is 16.1. The molecular weight excluding hydrogens is 330 g/mol. The molecule has 0 aromatic carbocycles. The zero-order chi connectivity index (χ0) is 17.5. The predicted molar refractivity (Wildman–Crippen MR) is 95.9 cm³/mol. The van der Waals surface area contributed by atoms with Crippen LogP contribution in [0.15, 0.2) is 16.8 Å². The summed E-state index contributed by atoms with van der Waals surface area (Å²) in [5.74, 6) is 2.18. The van der Waals surface area contributed by atoms with Crippen molar-refractivity contribution in [2.45, 2.75) is 57.5 Å². The summed E-state index contributed by atoms with van der Waals surface area (Å²) in [6.07, 6.45) is 11.1. The molecule has 2 fully saturated rings. The molecule has 0 N–H and O–H groups in total. The molecule has 3 aliphatic rings. The number of carbonyl (C=O) groups excluding carboxylic acids is 1. The highest BCUT2D eigenvalue weighted by Crippen LogP contribution is 2.28. The van der Waals surface area contributed by atoms with E-state index in [1.807, 2.05) is 22.0 Å². The molecule has 4 heterocycles. The number of amides is 1. The van der Waals surface area contributed by atoms with Gasteiger partial charge in [0.2, 0.25) is 11.8 Å². The summed E-state index contributed by atoms with van der Waals surface area (Å²) >= 11 is 0. The molecule has 1 unspecified atom stereocenters. The molecule has 0 spiro atoms. The number of aryl methyl sites for hydroxylation is 2. The van der Waals surface area contributed by atoms with E-state index < -0.39 is 0 Å². The van der Waals surface area contributed by atoms with Crippen LogP contribution in [0.1, 0.15) is 55.5 Å². The Kier molecular flexibility index (Phi) is 4.04. The summed E-state index contributed by atoms with van der Waals surface area (Å²) < 4.78 is 8.00. The standard InChI is InChI=1S/C19H25N5O2/c25-19-6-3-8-23(19)15-10-20-24(12-15)14-7-9-22(11-14)13-18-21-16-4-1-2-5-17(16)26-18/h10,12,14H,1-9,11,13H2. The van der Waals surface area contributed by atoms with Gasteiger partial charge in [-0.2, -0.15) is 5.10 Å². The van der Waals surface area contributed by atoms with Gasteiger partial charge >= 0.3 is 0 Å². The van der Waals surface area contributed by atoms with Gasteiger partial charge in [0, 0.05) is 38.7 Å². The van der Waals surface area contributed by atoms with Gasteiger partial charge in [0.05, 0.1) is 30.2 Å². The molecular formula is C19H25N5O2. The van der Waals surface area contributed by atoms with Gasteiger partial charge in [0.15, 0.2) is 0 Å². The molecule has 0 saturated carbocycles. The quantitative estimate of drug-likeness (QED) is 0.842. The van der Waals surface area contributed by atoms with Crippen molar-refractivity contribution in [2.24, 2.45) is 0 Å². The van der Waals surface area contributed by atoms with Gasteiger partial charge in [-0.15, -0.1) is 0 Å². The summed E-state index contributed by atoms with van der Waals surface area (Å²) in [7, 11) is 0. The van der Waals surface area contributed by atoms with Gasteiger partial charge in [0.25, 0.3) is 0 Å². The fraction of sp³-hybridized carbons (Fsp3) is 0.632. The van der Waals surface area contributed by atoms with E-state index in [0.717, 1.165) is 69.2 Å². The van der Waals surface area contributed by atoms with Crippen LogP contribution in [0.3, 0.4) is 0 Å². The summed E-state index contributed by atoms with van der Waals surface area (Å²) in [6, 6.07) is 0.353. The molecule has 5 rings (SSSR count). The monoisotopic (exact) mass is 355 g/mol. The molecule has 0 bridgehead atoms. The second kappa shape index (κ2) is 6.54. The Labute approximate surface area is 153 Å². The lowest BCUT2D eigenvalue weighted by Crippen LogP contribution is -2.23. The highest BCUT2D eigenvalue weighted by molar-refractivity contribution is 5.95. The van der Waals surface area contributed by atoms with Crippen LogP contribution in [0, 0.1) is 0 Å². The van der Waals surface area contributed by atoms with Crippen molar-refractivity contribution in [3.8, 4) is 0 Å². The third-order valence-electron chi connectivity index (χ3n) is 5.84. The number of nitrogens with zero attached hydrogens (tertiary/aromatic N) is 5. The van der Waals surface area contributed by atoms with E-state index in [9.17, 15) is 4.79 Å². The van der Waals surface area contributed by atoms with Crippen LogP contribution in [0.4, 0.5) is 5.69 Å². The van der Waals surface area contributed by atoms with Crippen LogP contribution in [-0.4, -0.2) is 45.2 Å². The predicted octanol–water partition coefficient (Wildman–Crippen LogP) is 2.32. The SMILES string of the molecule is O=C1CCCN1c1cnn(C2CCN(Cc3nc4c(o3)CCCC4)C2)c1. The van der Waals surface area contributed by atoms with Crippen LogP contribution in [0.25, 0.3) is 0 Å². The molecule has 7 heteroatoms. The van der Waals surface area contributed by atoms with E-state index in [-0.39, 0.29) is 5.91 Å². The van der Waals surface area contributed by atoms with Gasteiger partial charge in [-0.1, -0.05) is 0 Å². The van der Waals surface area contributed by atoms with Crippen LogP contribution in [-0.2, 0) is 24.2 Å². The molecule has 138 valence electrons. The minimum Gasteiger partial charge on any atom is -0.444 e. The number of carbonyl (C=O) groups is 1. The molecule has 2 aromatic heterocycles. The molecule has 2 aromatic rings. The Morgan fingerprint density at radius 3 is 2.92 bits per heavy atom. The van der Waals surface area contributed by atoms with E-state index in [2.05, 4.69) is 10.00 Å². The number of fused-ring (bicyclic) bond motifs is 1. The first-order valence-electron chi connectivity index (χ1n) is 9.80. The molecule has 2 saturated heterocycles. The zero-order valence-electron chi connectivity index (χ0n) is 15.1. The number of rotatable bonds is 4. The van der Waals surface area contributed by atoms with Crippen LogP contribution in [0.5, 0.6) is 0 Å². The number of aromatic nitrogens is 3. The van der Waals surface area contributed by atoms with Crippen LogP contribution < -0.4 is 4.90 Å². The first-order chi connectivity index (χ1) is 12.8. The fourth-order valence-electron chi connectivity index (χ4n) is 4.42. The Morgan fingerprint density at radius 2 is 2.08 bits per heavy atom. The van der Waals surface area contributed by atoms with Crippen molar-refractivity contribution in [1.82, 2.24) is 19.7 Å². The second-order valence-electron chi connectivity index (χ2n) is 7.69. The van der Waals surface area contributed by atoms with Crippen molar-refractivity contribution < 1.29 is 9.21 Å². The fourth-order valence-corrected chi connectivity index (χ4v) is 4.42. The number of anilines is 1. The largest absolute Gasteiger partial charge is 0.444 e. The first-order valence-corrected chi connectivity index (χ1v) is 9.80. The Balaban J connectivity index is 1.22. The highest BCUT2D eigenvalue weighted by atomic mass is 16.4. The van der Waals surface area contributed by atoms with Crippen molar-refractivity contribution >= 4 is 11.6 Å². The third-order valence-corrected chi connectivity index (χ3v) is 5.84. The molecule has 1 amide bonds. The summed E-state index contributed by atoms with van der Waals surface area (Å²) in [4.78, 5) is 20.9. The zero-order valence-corrected chi connectivity index (χ0v) is 15.1. The Bertz CT molecular complexity index is 787. The number of oxazole rings is 1. The number of hydrogen-bond donors (Lipinski definition) is 0. The summed E-state index contributed by atoms with van der Waals surface area (Å²) in [5, 5.41) is 4.53. The van der Waals surface area contributed by atoms with Gasteiger partial charge < -0.3 is 9.32 Å². The van der Waals surface area contributed by atoms with Gasteiger partial charge in [-0.25, -0.2) is 4.98 Å². The smallest absolute Gasteiger partial charge is 0.227 e. The molecule has 1 atom stereocenters. The molecule has 1 aliphatic carbocycles. The maximum Gasteiger partial charge on any atom is 0.227 e. The minimum atomic E-state index is 0.213. The van der Waals surface area contributed by atoms with Crippen molar-refractivity contribution in [1.29, 1.82) is 0 Å². The topological polar surface area (TPSA) is 67.4 Å². The normalized spacial score (nSPS) is 23.8. The van der Waals surface area contributed by atoms with Crippen LogP contribution in [0.2, 0.25) is 0 Å². The van der Waals surface area contributed by atoms with Gasteiger partial charge in [-0.05, 0) is 32.1 Å². The van der Waals surface area contributed by atoms with E-state index >= 15 is 0 Å². The van der Waals surface area contributed by atoms with Crippen molar-refractivity contribution in [3.05, 3.63) is 29.7 Å². The molecule has 7 nitrogen and oxygen atoms in total. The number of hydrogen-bond acceptors (Lipinski definition) is 5. The lowest BCUT2D eigenvalue weighted by Gasteiger charge is -2.15. The van der Waals surface area contributed by atoms with Crippen LogP contribution >= 0.6 is 0 Å². The molecule has 26 heavy (non-hydrogen) atoms. The lowest BCUT2D eigenvalue weighted by molar-refractivity contribution is -0.117. The van der Waals surface area contributed by atoms with E-state index in [0.29, 0.717) is 12.5 Å². The van der Waals surface area contributed by atoms with E-state index in [1.54, 1.807) is 0 Å². The highest BCUT2D eigenvalue weighted by Gasteiger charge is 2.28. The average molecular weight is 355 g/mol. The van der Waals surface area contributed by atoms with E-state index in [1.165, 1.54) is 18.5 Å². The van der Waals surface area contributed by atoms with Crippen molar-refractivity contribution in [2.75, 3.05) is 24.5 Å². The van der Waals surface area contributed by atoms with Gasteiger partial charge in [0.1, 0.15) is 5.76 Å². The minimum absolute atomic E-state index is 0.213. The summed E-state index contributed by atoms with van der Waals surface area (Å²) in [5.41, 5.74) is 2.11. The Hall–Kier alpha value is -2.15. The lowest BCUT2D eigenvalue weighted by atomic mass is 10.0. The average Bonchev–Trinajstić information content (AvgIpc) is 3.40. The van der Waals surface area contributed by atoms with Crippen molar-refractivity contribution in [3.63, 3.8) is 0 Å². The maximum absolute atomic E-state index is 11.9. The maximum atomic E-state index is 11.9. The number of likely N-dealkylation sites (tertiary alicyclic amines) is 1.